The van der Waals surface area contributed by atoms with Gasteiger partial charge in [-0.2, -0.15) is 11.8 Å². The second-order valence-corrected chi connectivity index (χ2v) is 6.54. The molecule has 2 aliphatic rings. The quantitative estimate of drug-likeness (QED) is 0.823. The van der Waals surface area contributed by atoms with Crippen molar-refractivity contribution in [2.45, 2.75) is 25.5 Å². The fourth-order valence-electron chi connectivity index (χ4n) is 2.73. The highest BCUT2D eigenvalue weighted by Crippen LogP contribution is 2.23. The molecular weight excluding hydrogens is 280 g/mol. The number of rotatable bonds is 2. The van der Waals surface area contributed by atoms with E-state index in [9.17, 15) is 14.7 Å². The second kappa shape index (κ2) is 6.67. The molecule has 1 N–H and O–H groups in total. The Hall–Kier alpha value is -0.950. The Morgan fingerprint density at radius 1 is 1.35 bits per heavy atom. The number of carboxylic acids is 1. The first-order valence-electron chi connectivity index (χ1n) is 6.93. The van der Waals surface area contributed by atoms with Crippen molar-refractivity contribution in [1.82, 2.24) is 9.80 Å². The molecule has 2 rings (SSSR count). The number of carbonyl (C=O) groups excluding carboxylic acids is 1. The third-order valence-electron chi connectivity index (χ3n) is 4.12. The number of hydrogen-bond donors (Lipinski definition) is 1. The summed E-state index contributed by atoms with van der Waals surface area (Å²) in [4.78, 5) is 27.1. The van der Waals surface area contributed by atoms with Gasteiger partial charge in [0.15, 0.2) is 0 Å². The first-order valence-corrected chi connectivity index (χ1v) is 8.09. The topological polar surface area (TPSA) is 70.1 Å². The highest BCUT2D eigenvalue weighted by atomic mass is 32.2. The number of thioether (sulfide) groups is 1. The lowest BCUT2D eigenvalue weighted by atomic mass is 9.96. The molecule has 114 valence electrons. The van der Waals surface area contributed by atoms with Crippen molar-refractivity contribution < 1.29 is 19.4 Å². The molecule has 0 bridgehead atoms. The van der Waals surface area contributed by atoms with Gasteiger partial charge in [0.2, 0.25) is 0 Å². The Kier molecular flexibility index (Phi) is 5.15. The lowest BCUT2D eigenvalue weighted by molar-refractivity contribution is -0.141. The molecule has 3 atom stereocenters. The number of nitrogens with zero attached hydrogens (tertiary/aromatic N) is 2. The molecule has 2 saturated heterocycles. The average Bonchev–Trinajstić information content (AvgIpc) is 2.47. The predicted octanol–water partition coefficient (Wildman–Crippen LogP) is 0.965. The Labute approximate surface area is 123 Å². The average molecular weight is 302 g/mol. The standard InChI is InChI=1S/C13H22N2O4S/c1-9-3-4-14(7-11(9)19-2)13(18)15-5-6-20-8-10(15)12(16)17/h9-11H,3-8H2,1-2H3,(H,16,17). The van der Waals surface area contributed by atoms with E-state index in [0.29, 0.717) is 31.3 Å². The van der Waals surface area contributed by atoms with E-state index in [-0.39, 0.29) is 12.1 Å². The van der Waals surface area contributed by atoms with Gasteiger partial charge in [-0.05, 0) is 12.3 Å². The van der Waals surface area contributed by atoms with E-state index in [2.05, 4.69) is 6.92 Å². The molecule has 7 heteroatoms. The number of methoxy groups -OCH3 is 1. The van der Waals surface area contributed by atoms with Crippen molar-refractivity contribution in [3.8, 4) is 0 Å². The van der Waals surface area contributed by atoms with E-state index >= 15 is 0 Å². The van der Waals surface area contributed by atoms with Crippen LogP contribution in [0.2, 0.25) is 0 Å². The highest BCUT2D eigenvalue weighted by molar-refractivity contribution is 7.99. The maximum absolute atomic E-state index is 12.6. The maximum Gasteiger partial charge on any atom is 0.327 e. The van der Waals surface area contributed by atoms with Crippen molar-refractivity contribution in [3.05, 3.63) is 0 Å². The van der Waals surface area contributed by atoms with Gasteiger partial charge in [0, 0.05) is 38.2 Å². The Morgan fingerprint density at radius 2 is 2.10 bits per heavy atom. The van der Waals surface area contributed by atoms with Crippen LogP contribution < -0.4 is 0 Å². The summed E-state index contributed by atoms with van der Waals surface area (Å²) in [5, 5.41) is 9.25. The molecule has 0 aromatic rings. The van der Waals surface area contributed by atoms with Crippen molar-refractivity contribution >= 4 is 23.8 Å². The van der Waals surface area contributed by atoms with Crippen molar-refractivity contribution in [2.75, 3.05) is 38.2 Å². The van der Waals surface area contributed by atoms with Crippen LogP contribution in [0, 0.1) is 5.92 Å². The third kappa shape index (κ3) is 3.20. The Bertz CT molecular complexity index is 379. The monoisotopic (exact) mass is 302 g/mol. The number of urea groups is 1. The first kappa shape index (κ1) is 15.4. The summed E-state index contributed by atoms with van der Waals surface area (Å²) in [5.74, 6) is 0.780. The van der Waals surface area contributed by atoms with E-state index in [0.717, 1.165) is 12.2 Å². The normalized spacial score (nSPS) is 31.2. The molecule has 2 amide bonds. The summed E-state index contributed by atoms with van der Waals surface area (Å²) >= 11 is 1.59. The Morgan fingerprint density at radius 3 is 2.75 bits per heavy atom. The van der Waals surface area contributed by atoms with Crippen LogP contribution in [-0.2, 0) is 9.53 Å². The van der Waals surface area contributed by atoms with Gasteiger partial charge in [-0.3, -0.25) is 0 Å². The minimum atomic E-state index is -0.917. The van der Waals surface area contributed by atoms with Crippen molar-refractivity contribution in [1.29, 1.82) is 0 Å². The molecule has 2 heterocycles. The molecule has 3 unspecified atom stereocenters. The molecule has 0 radical (unpaired) electrons. The minimum absolute atomic E-state index is 0.0372. The number of aliphatic carboxylic acids is 1. The van der Waals surface area contributed by atoms with Crippen LogP contribution in [0.5, 0.6) is 0 Å². The number of ether oxygens (including phenoxy) is 1. The van der Waals surface area contributed by atoms with E-state index in [4.69, 9.17) is 4.74 Å². The molecule has 2 fully saturated rings. The zero-order valence-electron chi connectivity index (χ0n) is 11.9. The number of carbonyl (C=O) groups is 2. The van der Waals surface area contributed by atoms with E-state index < -0.39 is 12.0 Å². The van der Waals surface area contributed by atoms with Crippen LogP contribution in [0.1, 0.15) is 13.3 Å². The summed E-state index contributed by atoms with van der Waals surface area (Å²) in [5.41, 5.74) is 0. The molecule has 0 aromatic carbocycles. The summed E-state index contributed by atoms with van der Waals surface area (Å²) in [6, 6.07) is -0.867. The van der Waals surface area contributed by atoms with Gasteiger partial charge in [-0.15, -0.1) is 0 Å². The predicted molar refractivity (Wildman–Crippen MR) is 77.0 cm³/mol. The smallest absolute Gasteiger partial charge is 0.327 e. The lowest BCUT2D eigenvalue weighted by Crippen LogP contribution is -2.57. The van der Waals surface area contributed by atoms with Crippen molar-refractivity contribution in [3.63, 3.8) is 0 Å². The minimum Gasteiger partial charge on any atom is -0.480 e. The summed E-state index contributed by atoms with van der Waals surface area (Å²) in [6.45, 7) is 3.85. The van der Waals surface area contributed by atoms with Gasteiger partial charge in [-0.1, -0.05) is 6.92 Å². The van der Waals surface area contributed by atoms with Crippen molar-refractivity contribution in [2.24, 2.45) is 5.92 Å². The van der Waals surface area contributed by atoms with Gasteiger partial charge in [0.05, 0.1) is 6.10 Å². The van der Waals surface area contributed by atoms with Gasteiger partial charge in [-0.25, -0.2) is 9.59 Å². The fourth-order valence-corrected chi connectivity index (χ4v) is 3.77. The molecule has 0 aliphatic carbocycles. The summed E-state index contributed by atoms with van der Waals surface area (Å²) in [7, 11) is 1.66. The molecular formula is C13H22N2O4S. The SMILES string of the molecule is COC1CN(C(=O)N2CCSCC2C(=O)O)CCC1C. The summed E-state index contributed by atoms with van der Waals surface area (Å²) < 4.78 is 5.41. The summed E-state index contributed by atoms with van der Waals surface area (Å²) in [6.07, 6.45) is 0.931. The van der Waals surface area contributed by atoms with Gasteiger partial charge >= 0.3 is 12.0 Å². The molecule has 0 spiro atoms. The van der Waals surface area contributed by atoms with E-state index in [1.807, 2.05) is 0 Å². The second-order valence-electron chi connectivity index (χ2n) is 5.39. The maximum atomic E-state index is 12.6. The third-order valence-corrected chi connectivity index (χ3v) is 5.14. The number of carboxylic acid groups (broad SMARTS) is 1. The largest absolute Gasteiger partial charge is 0.480 e. The van der Waals surface area contributed by atoms with Crippen LogP contribution in [0.25, 0.3) is 0 Å². The van der Waals surface area contributed by atoms with Gasteiger partial charge in [0.1, 0.15) is 6.04 Å². The van der Waals surface area contributed by atoms with Crippen LogP contribution in [0.3, 0.4) is 0 Å². The number of piperidine rings is 1. The van der Waals surface area contributed by atoms with Crippen LogP contribution >= 0.6 is 11.8 Å². The van der Waals surface area contributed by atoms with E-state index in [1.165, 1.54) is 4.90 Å². The molecule has 0 aromatic heterocycles. The molecule has 2 aliphatic heterocycles. The number of likely N-dealkylation sites (tertiary alicyclic amines) is 1. The zero-order chi connectivity index (χ0) is 14.7. The van der Waals surface area contributed by atoms with Gasteiger partial charge < -0.3 is 19.6 Å². The van der Waals surface area contributed by atoms with Crippen LogP contribution in [0.4, 0.5) is 4.79 Å². The Balaban J connectivity index is 2.04. The number of amides is 2. The lowest BCUT2D eigenvalue weighted by Gasteiger charge is -2.41. The van der Waals surface area contributed by atoms with Crippen LogP contribution in [-0.4, -0.2) is 77.3 Å². The molecule has 20 heavy (non-hydrogen) atoms. The molecule has 0 saturated carbocycles. The fraction of sp³-hybridized carbons (Fsp3) is 0.846. The van der Waals surface area contributed by atoms with E-state index in [1.54, 1.807) is 23.8 Å². The van der Waals surface area contributed by atoms with Gasteiger partial charge in [0.25, 0.3) is 0 Å². The first-order chi connectivity index (χ1) is 9.54. The number of hydrogen-bond acceptors (Lipinski definition) is 4. The van der Waals surface area contributed by atoms with Crippen LogP contribution in [0.15, 0.2) is 0 Å². The zero-order valence-corrected chi connectivity index (χ0v) is 12.8. The molecule has 6 nitrogen and oxygen atoms in total. The highest BCUT2D eigenvalue weighted by Gasteiger charge is 2.37.